The Kier molecular flexibility index (Phi) is 2.27. The van der Waals surface area contributed by atoms with Gasteiger partial charge in [-0.15, -0.1) is 0 Å². The molecule has 3 aromatic carbocycles. The van der Waals surface area contributed by atoms with Gasteiger partial charge in [-0.05, 0) is 36.4 Å². The number of para-hydroxylation sites is 4. The first-order valence-electron chi connectivity index (χ1n) is 6.99. The van der Waals surface area contributed by atoms with Crippen molar-refractivity contribution in [3.63, 3.8) is 0 Å². The van der Waals surface area contributed by atoms with E-state index in [0.717, 1.165) is 34.3 Å². The van der Waals surface area contributed by atoms with Gasteiger partial charge in [0.15, 0.2) is 23.0 Å². The minimum atomic E-state index is 0.595. The van der Waals surface area contributed by atoms with Crippen LogP contribution in [0.5, 0.6) is 23.0 Å². The van der Waals surface area contributed by atoms with E-state index in [9.17, 15) is 0 Å². The Balaban J connectivity index is 1.88. The van der Waals surface area contributed by atoms with E-state index in [1.54, 1.807) is 0 Å². The average Bonchev–Trinajstić information content (AvgIpc) is 2.55. The minimum Gasteiger partial charge on any atom is -0.453 e. The van der Waals surface area contributed by atoms with Gasteiger partial charge in [-0.25, -0.2) is 0 Å². The fraction of sp³-hybridized carbons (Fsp3) is 0. The molecule has 0 aromatic heterocycles. The summed E-state index contributed by atoms with van der Waals surface area (Å²) in [5.41, 5.74) is 2.81. The molecule has 2 aliphatic heterocycles. The Bertz CT molecular complexity index is 923. The van der Waals surface area contributed by atoms with E-state index in [-0.39, 0.29) is 0 Å². The lowest BCUT2D eigenvalue weighted by atomic mass is 10.1. The van der Waals surface area contributed by atoms with Gasteiger partial charge in [0.2, 0.25) is 0 Å². The lowest BCUT2D eigenvalue weighted by Crippen LogP contribution is -2.20. The molecule has 0 radical (unpaired) electrons. The fourth-order valence-corrected chi connectivity index (χ4v) is 3.20. The van der Waals surface area contributed by atoms with E-state index < -0.39 is 0 Å². The first-order chi connectivity index (χ1) is 10.8. The number of anilines is 3. The van der Waals surface area contributed by atoms with Gasteiger partial charge in [-0.3, -0.25) is 4.90 Å². The van der Waals surface area contributed by atoms with Crippen LogP contribution in [0.2, 0.25) is 5.02 Å². The van der Waals surface area contributed by atoms with Crippen LogP contribution in [0.1, 0.15) is 0 Å². The molecule has 0 fully saturated rings. The van der Waals surface area contributed by atoms with Gasteiger partial charge < -0.3 is 9.47 Å². The summed E-state index contributed by atoms with van der Waals surface area (Å²) in [5.74, 6) is 3.01. The van der Waals surface area contributed by atoms with Crippen molar-refractivity contribution >= 4 is 28.7 Å². The summed E-state index contributed by atoms with van der Waals surface area (Å²) in [6, 6.07) is 19.5. The zero-order valence-electron chi connectivity index (χ0n) is 11.4. The van der Waals surface area contributed by atoms with E-state index in [2.05, 4.69) is 4.90 Å². The fourth-order valence-electron chi connectivity index (χ4n) is 2.99. The van der Waals surface area contributed by atoms with E-state index in [1.807, 2.05) is 60.7 Å². The maximum atomic E-state index is 6.33. The molecule has 22 heavy (non-hydrogen) atoms. The summed E-state index contributed by atoms with van der Waals surface area (Å²) in [4.78, 5) is 2.15. The minimum absolute atomic E-state index is 0.595. The third kappa shape index (κ3) is 1.46. The molecular formula is C18H10ClNO2. The SMILES string of the molecule is Clc1cccc2c1Oc1cccc3c1N2c1ccccc1O3. The summed E-state index contributed by atoms with van der Waals surface area (Å²) in [7, 11) is 0. The van der Waals surface area contributed by atoms with Crippen molar-refractivity contribution < 1.29 is 9.47 Å². The number of hydrogen-bond donors (Lipinski definition) is 0. The molecule has 0 unspecified atom stereocenters. The number of hydrogen-bond acceptors (Lipinski definition) is 3. The Labute approximate surface area is 132 Å². The maximum absolute atomic E-state index is 6.33. The second kappa shape index (κ2) is 4.18. The topological polar surface area (TPSA) is 21.7 Å². The van der Waals surface area contributed by atoms with Crippen LogP contribution in [0.3, 0.4) is 0 Å². The third-order valence-corrected chi connectivity index (χ3v) is 4.21. The highest BCUT2D eigenvalue weighted by Crippen LogP contribution is 2.60. The Morgan fingerprint density at radius 1 is 0.682 bits per heavy atom. The third-order valence-electron chi connectivity index (χ3n) is 3.91. The molecule has 0 spiro atoms. The number of benzene rings is 3. The van der Waals surface area contributed by atoms with Crippen molar-refractivity contribution in [1.82, 2.24) is 0 Å². The smallest absolute Gasteiger partial charge is 0.170 e. The van der Waals surface area contributed by atoms with Gasteiger partial charge in [-0.2, -0.15) is 0 Å². The second-order valence-corrected chi connectivity index (χ2v) is 5.61. The first-order valence-corrected chi connectivity index (χ1v) is 7.37. The van der Waals surface area contributed by atoms with Crippen LogP contribution in [0.4, 0.5) is 17.1 Å². The lowest BCUT2D eigenvalue weighted by Gasteiger charge is -2.37. The van der Waals surface area contributed by atoms with Gasteiger partial charge >= 0.3 is 0 Å². The van der Waals surface area contributed by atoms with Crippen LogP contribution in [0.25, 0.3) is 0 Å². The number of nitrogens with zero attached hydrogens (tertiary/aromatic N) is 1. The van der Waals surface area contributed by atoms with Gasteiger partial charge in [0.1, 0.15) is 5.69 Å². The van der Waals surface area contributed by atoms with Crippen LogP contribution in [0, 0.1) is 0 Å². The molecule has 0 saturated carbocycles. The van der Waals surface area contributed by atoms with E-state index in [1.165, 1.54) is 0 Å². The van der Waals surface area contributed by atoms with Crippen LogP contribution >= 0.6 is 11.6 Å². The predicted molar refractivity (Wildman–Crippen MR) is 86.3 cm³/mol. The molecule has 0 aliphatic carbocycles. The van der Waals surface area contributed by atoms with Crippen LogP contribution in [-0.2, 0) is 0 Å². The number of fused-ring (bicyclic) bond motifs is 4. The molecule has 2 aliphatic rings. The Morgan fingerprint density at radius 3 is 2.27 bits per heavy atom. The molecule has 0 saturated heterocycles. The molecule has 0 atom stereocenters. The highest BCUT2D eigenvalue weighted by Gasteiger charge is 2.34. The van der Waals surface area contributed by atoms with Crippen molar-refractivity contribution in [2.75, 3.05) is 4.90 Å². The highest BCUT2D eigenvalue weighted by molar-refractivity contribution is 6.32. The maximum Gasteiger partial charge on any atom is 0.170 e. The Hall–Kier alpha value is -2.65. The molecule has 0 N–H and O–H groups in total. The number of ether oxygens (including phenoxy) is 2. The van der Waals surface area contributed by atoms with Crippen LogP contribution in [0.15, 0.2) is 60.7 Å². The van der Waals surface area contributed by atoms with Crippen LogP contribution in [-0.4, -0.2) is 0 Å². The second-order valence-electron chi connectivity index (χ2n) is 5.20. The molecular weight excluding hydrogens is 298 g/mol. The average molecular weight is 308 g/mol. The van der Waals surface area contributed by atoms with E-state index >= 15 is 0 Å². The molecule has 4 heteroatoms. The van der Waals surface area contributed by atoms with Gasteiger partial charge in [0.25, 0.3) is 0 Å². The summed E-state index contributed by atoms with van der Waals surface area (Å²) < 4.78 is 12.0. The highest BCUT2D eigenvalue weighted by atomic mass is 35.5. The van der Waals surface area contributed by atoms with Gasteiger partial charge in [0.05, 0.1) is 16.4 Å². The monoisotopic (exact) mass is 307 g/mol. The summed E-state index contributed by atoms with van der Waals surface area (Å²) in [5, 5.41) is 0.595. The predicted octanol–water partition coefficient (Wildman–Crippen LogP) is 6.02. The van der Waals surface area contributed by atoms with Crippen molar-refractivity contribution in [2.45, 2.75) is 0 Å². The standard InChI is InChI=1S/C18H10ClNO2/c19-11-5-3-7-13-18(11)22-16-10-4-9-15-17(16)20(13)12-6-1-2-8-14(12)21-15/h1-10H. The van der Waals surface area contributed by atoms with Crippen molar-refractivity contribution in [3.05, 3.63) is 65.7 Å². The molecule has 0 bridgehead atoms. The van der Waals surface area contributed by atoms with Crippen molar-refractivity contribution in [2.24, 2.45) is 0 Å². The zero-order valence-corrected chi connectivity index (χ0v) is 12.2. The van der Waals surface area contributed by atoms with Crippen molar-refractivity contribution in [3.8, 4) is 23.0 Å². The first kappa shape index (κ1) is 12.0. The zero-order chi connectivity index (χ0) is 14.7. The van der Waals surface area contributed by atoms with E-state index in [0.29, 0.717) is 10.8 Å². The van der Waals surface area contributed by atoms with Gasteiger partial charge in [0, 0.05) is 0 Å². The molecule has 3 aromatic rings. The number of rotatable bonds is 0. The molecule has 106 valence electrons. The van der Waals surface area contributed by atoms with Crippen LogP contribution < -0.4 is 14.4 Å². The van der Waals surface area contributed by atoms with Crippen molar-refractivity contribution in [1.29, 1.82) is 0 Å². The Morgan fingerprint density at radius 2 is 1.36 bits per heavy atom. The number of halogens is 1. The molecule has 3 nitrogen and oxygen atoms in total. The van der Waals surface area contributed by atoms with E-state index in [4.69, 9.17) is 21.1 Å². The lowest BCUT2D eigenvalue weighted by molar-refractivity contribution is 0.446. The molecule has 0 amide bonds. The molecule has 5 rings (SSSR count). The largest absolute Gasteiger partial charge is 0.453 e. The normalized spacial score (nSPS) is 13.4. The summed E-state index contributed by atoms with van der Waals surface area (Å²) in [6.07, 6.45) is 0. The summed E-state index contributed by atoms with van der Waals surface area (Å²) in [6.45, 7) is 0. The molecule has 2 heterocycles. The summed E-state index contributed by atoms with van der Waals surface area (Å²) >= 11 is 6.33. The van der Waals surface area contributed by atoms with Gasteiger partial charge in [-0.1, -0.05) is 35.9 Å². The quantitative estimate of drug-likeness (QED) is 0.349.